The Hall–Kier alpha value is -1.05. The molecule has 1 atom stereocenters. The van der Waals surface area contributed by atoms with Gasteiger partial charge in [-0.15, -0.1) is 0 Å². The highest BCUT2D eigenvalue weighted by atomic mass is 79.9. The minimum atomic E-state index is -0.412. The molecular weight excluding hydrogens is 268 g/mol. The third kappa shape index (κ3) is 3.22. The maximum Gasteiger partial charge on any atom is 0.103 e. The third-order valence-electron chi connectivity index (χ3n) is 2.40. The number of anilines is 1. The van der Waals surface area contributed by atoms with Crippen molar-refractivity contribution < 1.29 is 5.11 Å². The van der Waals surface area contributed by atoms with Gasteiger partial charge < -0.3 is 10.4 Å². The smallest absolute Gasteiger partial charge is 0.103 e. The molecular formula is C12H15BrN2O. The van der Waals surface area contributed by atoms with Crippen LogP contribution in [0.3, 0.4) is 0 Å². The predicted octanol–water partition coefficient (Wildman–Crippen LogP) is 2.75. The van der Waals surface area contributed by atoms with E-state index in [1.807, 2.05) is 32.0 Å². The zero-order valence-electron chi connectivity index (χ0n) is 9.37. The van der Waals surface area contributed by atoms with Crippen LogP contribution in [0.5, 0.6) is 0 Å². The number of aliphatic hydroxyl groups is 1. The van der Waals surface area contributed by atoms with E-state index in [1.54, 1.807) is 0 Å². The Morgan fingerprint density at radius 3 is 2.75 bits per heavy atom. The quantitative estimate of drug-likeness (QED) is 0.893. The summed E-state index contributed by atoms with van der Waals surface area (Å²) in [6, 6.07) is 7.63. The molecule has 0 bridgehead atoms. The van der Waals surface area contributed by atoms with Crippen molar-refractivity contribution in [1.82, 2.24) is 0 Å². The molecule has 0 fully saturated rings. The van der Waals surface area contributed by atoms with Crippen molar-refractivity contribution in [3.63, 3.8) is 0 Å². The van der Waals surface area contributed by atoms with E-state index in [0.29, 0.717) is 12.1 Å². The van der Waals surface area contributed by atoms with Crippen molar-refractivity contribution in [2.75, 3.05) is 11.9 Å². The molecule has 0 saturated heterocycles. The van der Waals surface area contributed by atoms with E-state index in [9.17, 15) is 5.11 Å². The van der Waals surface area contributed by atoms with Gasteiger partial charge in [-0.2, -0.15) is 5.26 Å². The lowest BCUT2D eigenvalue weighted by Gasteiger charge is -2.16. The number of hydrogen-bond donors (Lipinski definition) is 2. The number of rotatable bonds is 4. The average molecular weight is 283 g/mol. The lowest BCUT2D eigenvalue weighted by Crippen LogP contribution is -2.25. The third-order valence-corrected chi connectivity index (χ3v) is 3.06. The van der Waals surface area contributed by atoms with Gasteiger partial charge in [0, 0.05) is 11.0 Å². The number of nitrogens with zero attached hydrogens (tertiary/aromatic N) is 1. The molecule has 4 heteroatoms. The molecule has 0 amide bonds. The number of hydrogen-bond acceptors (Lipinski definition) is 3. The Morgan fingerprint density at radius 1 is 1.50 bits per heavy atom. The fourth-order valence-corrected chi connectivity index (χ4v) is 1.69. The summed E-state index contributed by atoms with van der Waals surface area (Å²) in [5.74, 6) is 0.199. The van der Waals surface area contributed by atoms with Crippen LogP contribution in [0.4, 0.5) is 5.69 Å². The molecule has 0 aliphatic heterocycles. The van der Waals surface area contributed by atoms with Gasteiger partial charge in [-0.25, -0.2) is 0 Å². The summed E-state index contributed by atoms with van der Waals surface area (Å²) in [6.45, 7) is 4.36. The monoisotopic (exact) mass is 282 g/mol. The molecule has 3 nitrogen and oxygen atoms in total. The predicted molar refractivity (Wildman–Crippen MR) is 68.2 cm³/mol. The second kappa shape index (κ2) is 5.88. The molecule has 1 unspecified atom stereocenters. The van der Waals surface area contributed by atoms with E-state index >= 15 is 0 Å². The molecule has 86 valence electrons. The van der Waals surface area contributed by atoms with Gasteiger partial charge in [-0.1, -0.05) is 19.9 Å². The van der Waals surface area contributed by atoms with Crippen molar-refractivity contribution in [1.29, 1.82) is 5.26 Å². The van der Waals surface area contributed by atoms with Crippen LogP contribution < -0.4 is 5.32 Å². The van der Waals surface area contributed by atoms with Crippen LogP contribution in [0.25, 0.3) is 0 Å². The van der Waals surface area contributed by atoms with E-state index in [4.69, 9.17) is 5.26 Å². The van der Waals surface area contributed by atoms with Crippen molar-refractivity contribution in [3.05, 3.63) is 28.2 Å². The Morgan fingerprint density at radius 2 is 2.19 bits per heavy atom. The van der Waals surface area contributed by atoms with Gasteiger partial charge in [0.2, 0.25) is 0 Å². The fraction of sp³-hybridized carbons (Fsp3) is 0.417. The van der Waals surface area contributed by atoms with E-state index in [1.165, 1.54) is 0 Å². The number of aliphatic hydroxyl groups excluding tert-OH is 1. The summed E-state index contributed by atoms with van der Waals surface area (Å²) in [6.07, 6.45) is -0.412. The van der Waals surface area contributed by atoms with Crippen molar-refractivity contribution in [3.8, 4) is 6.07 Å². The lowest BCUT2D eigenvalue weighted by molar-refractivity contribution is 0.138. The molecule has 0 radical (unpaired) electrons. The summed E-state index contributed by atoms with van der Waals surface area (Å²) in [5, 5.41) is 21.7. The topological polar surface area (TPSA) is 56.0 Å². The van der Waals surface area contributed by atoms with Gasteiger partial charge in [-0.05, 0) is 34.0 Å². The number of nitrogens with one attached hydrogen (secondary N) is 1. The molecule has 16 heavy (non-hydrogen) atoms. The van der Waals surface area contributed by atoms with Crippen LogP contribution >= 0.6 is 15.9 Å². The van der Waals surface area contributed by atoms with Gasteiger partial charge in [0.25, 0.3) is 0 Å². The first kappa shape index (κ1) is 13.0. The molecule has 2 N–H and O–H groups in total. The normalized spacial score (nSPS) is 12.2. The Kier molecular flexibility index (Phi) is 4.78. The standard InChI is InChI=1S/C12H15BrN2O/c1-8(2)12(16)7-15-11-5-3-4-10(13)9(11)6-14/h3-5,8,12,15-16H,7H2,1-2H3. The van der Waals surface area contributed by atoms with E-state index in [0.717, 1.165) is 10.2 Å². The lowest BCUT2D eigenvalue weighted by atomic mass is 10.1. The summed E-state index contributed by atoms with van der Waals surface area (Å²) >= 11 is 3.32. The van der Waals surface area contributed by atoms with E-state index in [2.05, 4.69) is 27.3 Å². The first-order valence-corrected chi connectivity index (χ1v) is 5.96. The van der Waals surface area contributed by atoms with Gasteiger partial charge in [0.05, 0.1) is 17.4 Å². The van der Waals surface area contributed by atoms with Crippen molar-refractivity contribution in [2.24, 2.45) is 5.92 Å². The van der Waals surface area contributed by atoms with Gasteiger partial charge >= 0.3 is 0 Å². The zero-order chi connectivity index (χ0) is 12.1. The van der Waals surface area contributed by atoms with Crippen molar-refractivity contribution in [2.45, 2.75) is 20.0 Å². The summed E-state index contributed by atoms with van der Waals surface area (Å²) < 4.78 is 0.763. The van der Waals surface area contributed by atoms with Crippen LogP contribution in [0.1, 0.15) is 19.4 Å². The number of nitriles is 1. The Labute approximate surface area is 104 Å². The first-order chi connectivity index (χ1) is 7.56. The highest BCUT2D eigenvalue weighted by molar-refractivity contribution is 9.10. The minimum absolute atomic E-state index is 0.199. The molecule has 1 aromatic rings. The fourth-order valence-electron chi connectivity index (χ4n) is 1.24. The summed E-state index contributed by atoms with van der Waals surface area (Å²) in [5.41, 5.74) is 1.31. The minimum Gasteiger partial charge on any atom is -0.391 e. The van der Waals surface area contributed by atoms with Crippen LogP contribution in [-0.2, 0) is 0 Å². The van der Waals surface area contributed by atoms with Crippen LogP contribution in [0.2, 0.25) is 0 Å². The maximum absolute atomic E-state index is 9.66. The maximum atomic E-state index is 9.66. The van der Waals surface area contributed by atoms with Gasteiger partial charge in [0.15, 0.2) is 0 Å². The van der Waals surface area contributed by atoms with Crippen LogP contribution in [0, 0.1) is 17.2 Å². The molecule has 0 aromatic heterocycles. The molecule has 0 saturated carbocycles. The molecule has 0 spiro atoms. The zero-order valence-corrected chi connectivity index (χ0v) is 11.0. The van der Waals surface area contributed by atoms with E-state index < -0.39 is 6.10 Å². The summed E-state index contributed by atoms with van der Waals surface area (Å²) in [7, 11) is 0. The van der Waals surface area contributed by atoms with E-state index in [-0.39, 0.29) is 5.92 Å². The SMILES string of the molecule is CC(C)C(O)CNc1cccc(Br)c1C#N. The van der Waals surface area contributed by atoms with Crippen LogP contribution in [-0.4, -0.2) is 17.8 Å². The average Bonchev–Trinajstić information content (AvgIpc) is 2.25. The van der Waals surface area contributed by atoms with Gasteiger partial charge in [0.1, 0.15) is 6.07 Å². The van der Waals surface area contributed by atoms with Gasteiger partial charge in [-0.3, -0.25) is 0 Å². The molecule has 0 aliphatic rings. The molecule has 0 heterocycles. The molecule has 1 rings (SSSR count). The van der Waals surface area contributed by atoms with Crippen LogP contribution in [0.15, 0.2) is 22.7 Å². The molecule has 0 aliphatic carbocycles. The second-order valence-electron chi connectivity index (χ2n) is 3.97. The number of halogens is 1. The highest BCUT2D eigenvalue weighted by Crippen LogP contribution is 2.23. The summed E-state index contributed by atoms with van der Waals surface area (Å²) in [4.78, 5) is 0. The molecule has 1 aromatic carbocycles. The second-order valence-corrected chi connectivity index (χ2v) is 4.82. The largest absolute Gasteiger partial charge is 0.391 e. The Bertz CT molecular complexity index is 398. The first-order valence-electron chi connectivity index (χ1n) is 5.16. The van der Waals surface area contributed by atoms with Crippen molar-refractivity contribution >= 4 is 21.6 Å². The number of benzene rings is 1. The highest BCUT2D eigenvalue weighted by Gasteiger charge is 2.10. The Balaban J connectivity index is 2.75.